The van der Waals surface area contributed by atoms with Gasteiger partial charge in [-0.1, -0.05) is 0 Å². The second kappa shape index (κ2) is 5.45. The number of hydrogen-bond donors (Lipinski definition) is 1. The van der Waals surface area contributed by atoms with Crippen LogP contribution in [0.3, 0.4) is 0 Å². The van der Waals surface area contributed by atoms with Crippen molar-refractivity contribution in [1.82, 2.24) is 0 Å². The summed E-state index contributed by atoms with van der Waals surface area (Å²) in [7, 11) is 0. The molecular formula is C20H13O3PSe. The Morgan fingerprint density at radius 1 is 0.640 bits per heavy atom. The van der Waals surface area contributed by atoms with Gasteiger partial charge in [0.25, 0.3) is 0 Å². The molecule has 1 aliphatic heterocycles. The molecule has 0 fully saturated rings. The van der Waals surface area contributed by atoms with Crippen LogP contribution in [0.5, 0.6) is 11.5 Å². The predicted octanol–water partition coefficient (Wildman–Crippen LogP) is 5.27. The Labute approximate surface area is 152 Å². The molecule has 5 rings (SSSR count). The van der Waals surface area contributed by atoms with Crippen LogP contribution in [0, 0.1) is 0 Å². The fourth-order valence-electron chi connectivity index (χ4n) is 3.44. The Bertz CT molecular complexity index is 1110. The zero-order valence-electron chi connectivity index (χ0n) is 13.0. The summed E-state index contributed by atoms with van der Waals surface area (Å²) in [6.45, 7) is 0. The van der Waals surface area contributed by atoms with E-state index in [0.717, 1.165) is 32.7 Å². The number of rotatable bonds is 0. The molecule has 4 aromatic carbocycles. The Hall–Kier alpha value is -2.09. The molecule has 1 heterocycles. The average Bonchev–Trinajstić information content (AvgIpc) is 2.73. The van der Waals surface area contributed by atoms with Gasteiger partial charge in [0.05, 0.1) is 0 Å². The van der Waals surface area contributed by atoms with Crippen molar-refractivity contribution in [2.75, 3.05) is 0 Å². The Kier molecular flexibility index (Phi) is 3.31. The molecule has 0 unspecified atom stereocenters. The van der Waals surface area contributed by atoms with Gasteiger partial charge in [-0.25, -0.2) is 0 Å². The van der Waals surface area contributed by atoms with E-state index in [1.54, 1.807) is 0 Å². The molecule has 3 nitrogen and oxygen atoms in total. The van der Waals surface area contributed by atoms with Crippen LogP contribution in [0.15, 0.2) is 72.8 Å². The van der Waals surface area contributed by atoms with E-state index in [9.17, 15) is 4.89 Å². The van der Waals surface area contributed by atoms with E-state index in [1.165, 1.54) is 0 Å². The van der Waals surface area contributed by atoms with Crippen molar-refractivity contribution in [3.8, 4) is 22.6 Å². The van der Waals surface area contributed by atoms with Crippen LogP contribution >= 0.6 is 6.19 Å². The first-order chi connectivity index (χ1) is 12.1. The molecule has 0 radical (unpaired) electrons. The van der Waals surface area contributed by atoms with E-state index in [2.05, 4.69) is 39.4 Å². The van der Waals surface area contributed by atoms with E-state index in [1.807, 2.05) is 48.5 Å². The topological polar surface area (TPSA) is 38.7 Å². The third-order valence-corrected chi connectivity index (χ3v) is 6.25. The molecule has 0 saturated heterocycles. The van der Waals surface area contributed by atoms with Crippen molar-refractivity contribution < 1.29 is 13.9 Å². The number of benzene rings is 4. The average molecular weight is 411 g/mol. The van der Waals surface area contributed by atoms with Crippen molar-refractivity contribution in [2.45, 2.75) is 0 Å². The van der Waals surface area contributed by atoms with Gasteiger partial charge in [-0.3, -0.25) is 0 Å². The first-order valence-electron chi connectivity index (χ1n) is 7.88. The summed E-state index contributed by atoms with van der Waals surface area (Å²) in [4.78, 5) is 10.6. The van der Waals surface area contributed by atoms with Gasteiger partial charge in [-0.2, -0.15) is 0 Å². The zero-order valence-corrected chi connectivity index (χ0v) is 15.7. The molecule has 0 aliphatic carbocycles. The summed E-state index contributed by atoms with van der Waals surface area (Å²) in [5.41, 5.74) is 1.91. The first-order valence-corrected chi connectivity index (χ1v) is 11.7. The van der Waals surface area contributed by atoms with Crippen molar-refractivity contribution in [3.63, 3.8) is 0 Å². The van der Waals surface area contributed by atoms with Crippen molar-refractivity contribution in [1.29, 1.82) is 0 Å². The van der Waals surface area contributed by atoms with E-state index >= 15 is 0 Å². The maximum absolute atomic E-state index is 10.6. The van der Waals surface area contributed by atoms with Crippen LogP contribution in [0.4, 0.5) is 0 Å². The third-order valence-electron chi connectivity index (χ3n) is 4.46. The summed E-state index contributed by atoms with van der Waals surface area (Å²) in [5.74, 6) is 1.26. The summed E-state index contributed by atoms with van der Waals surface area (Å²) < 4.78 is 11.7. The molecule has 5 heteroatoms. The third kappa shape index (κ3) is 2.42. The van der Waals surface area contributed by atoms with E-state index < -0.39 is 6.19 Å². The van der Waals surface area contributed by atoms with Gasteiger partial charge in [0, 0.05) is 0 Å². The van der Waals surface area contributed by atoms with Gasteiger partial charge in [0.1, 0.15) is 0 Å². The normalized spacial score (nSPS) is 14.9. The Morgan fingerprint density at radius 2 is 1.08 bits per heavy atom. The van der Waals surface area contributed by atoms with Crippen LogP contribution in [0.25, 0.3) is 32.7 Å². The van der Waals surface area contributed by atoms with Gasteiger partial charge < -0.3 is 0 Å². The Morgan fingerprint density at radius 3 is 1.56 bits per heavy atom. The molecule has 1 N–H and O–H groups in total. The van der Waals surface area contributed by atoms with Gasteiger partial charge in [0.15, 0.2) is 0 Å². The second-order valence-corrected chi connectivity index (χ2v) is 10.2. The molecular weight excluding hydrogens is 398 g/mol. The summed E-state index contributed by atoms with van der Waals surface area (Å²) in [6, 6.07) is 24.2. The molecule has 0 spiro atoms. The molecule has 0 aromatic heterocycles. The van der Waals surface area contributed by atoms with E-state index in [4.69, 9.17) is 9.05 Å². The quantitative estimate of drug-likeness (QED) is 0.317. The summed E-state index contributed by atoms with van der Waals surface area (Å²) in [6.07, 6.45) is -3.13. The van der Waals surface area contributed by atoms with Crippen LogP contribution in [-0.4, -0.2) is 20.0 Å². The molecule has 122 valence electrons. The predicted molar refractivity (Wildman–Crippen MR) is 103 cm³/mol. The fourth-order valence-corrected chi connectivity index (χ4v) is 5.29. The van der Waals surface area contributed by atoms with Crippen molar-refractivity contribution in [3.05, 3.63) is 72.8 Å². The molecule has 0 saturated carbocycles. The van der Waals surface area contributed by atoms with Crippen LogP contribution in [0.1, 0.15) is 0 Å². The van der Waals surface area contributed by atoms with Crippen molar-refractivity contribution in [2.24, 2.45) is 0 Å². The molecule has 0 bridgehead atoms. The summed E-state index contributed by atoms with van der Waals surface area (Å²) >= 11 is 2.70. The summed E-state index contributed by atoms with van der Waals surface area (Å²) in [5, 5.41) is 4.38. The molecule has 0 amide bonds. The van der Waals surface area contributed by atoms with Gasteiger partial charge in [-0.15, -0.1) is 0 Å². The minimum atomic E-state index is -3.13. The molecule has 4 aromatic rings. The standard InChI is InChI=1S/C20H13O3PSe/c21-24(25)22-17-11-9-13-5-1-3-7-15(13)19(17)20-16-8-4-2-6-14(16)10-12-18(20)23-24/h1-12H,(H,21,25). The molecule has 25 heavy (non-hydrogen) atoms. The second-order valence-electron chi connectivity index (χ2n) is 5.97. The SMILES string of the molecule is OP1(=[Se])Oc2ccc3ccccc3c2-c2c(ccc3ccccc23)O1. The first kappa shape index (κ1) is 15.2. The number of fused-ring (bicyclic) bond motifs is 7. The fraction of sp³-hybridized carbons (Fsp3) is 0. The van der Waals surface area contributed by atoms with Crippen molar-refractivity contribution >= 4 is 42.8 Å². The van der Waals surface area contributed by atoms with Crippen LogP contribution in [-0.2, 0) is 0 Å². The molecule has 0 atom stereocenters. The molecule has 1 aliphatic rings. The van der Waals surface area contributed by atoms with Crippen LogP contribution < -0.4 is 9.05 Å². The number of hydrogen-bond acceptors (Lipinski definition) is 3. The van der Waals surface area contributed by atoms with Gasteiger partial charge in [-0.05, 0) is 0 Å². The Balaban J connectivity index is 2.02. The van der Waals surface area contributed by atoms with Gasteiger partial charge >= 0.3 is 152 Å². The van der Waals surface area contributed by atoms with E-state index in [0.29, 0.717) is 11.5 Å². The van der Waals surface area contributed by atoms with Gasteiger partial charge in [0.2, 0.25) is 0 Å². The maximum atomic E-state index is 10.6. The minimum absolute atomic E-state index is 0.628. The van der Waals surface area contributed by atoms with Crippen LogP contribution in [0.2, 0.25) is 0 Å². The zero-order chi connectivity index (χ0) is 17.0. The monoisotopic (exact) mass is 412 g/mol. The van der Waals surface area contributed by atoms with E-state index in [-0.39, 0.29) is 0 Å².